The SMILES string of the molecule is Cc1ccc2c(c1)CC(CNCC(C)S(C)=O)O2. The molecule has 1 aromatic rings. The fourth-order valence-electron chi connectivity index (χ4n) is 2.13. The zero-order valence-electron chi connectivity index (χ0n) is 11.2. The molecule has 0 fully saturated rings. The fourth-order valence-corrected chi connectivity index (χ4v) is 2.48. The van der Waals surface area contributed by atoms with Gasteiger partial charge in [0.15, 0.2) is 0 Å². The summed E-state index contributed by atoms with van der Waals surface area (Å²) in [6.45, 7) is 5.69. The predicted octanol–water partition coefficient (Wildman–Crippen LogP) is 1.66. The number of hydrogen-bond acceptors (Lipinski definition) is 3. The van der Waals surface area contributed by atoms with E-state index >= 15 is 0 Å². The Morgan fingerprint density at radius 2 is 2.33 bits per heavy atom. The fraction of sp³-hybridized carbons (Fsp3) is 0.571. The minimum absolute atomic E-state index is 0.191. The topological polar surface area (TPSA) is 38.3 Å². The molecule has 3 atom stereocenters. The van der Waals surface area contributed by atoms with Crippen LogP contribution in [0, 0.1) is 6.92 Å². The van der Waals surface area contributed by atoms with Gasteiger partial charge in [-0.1, -0.05) is 17.7 Å². The molecule has 0 radical (unpaired) electrons. The molecule has 1 aliphatic heterocycles. The number of aryl methyl sites for hydroxylation is 1. The second kappa shape index (κ2) is 5.85. The molecular weight excluding hydrogens is 246 g/mol. The Labute approximate surface area is 111 Å². The molecule has 18 heavy (non-hydrogen) atoms. The highest BCUT2D eigenvalue weighted by molar-refractivity contribution is 7.84. The van der Waals surface area contributed by atoms with Crippen LogP contribution in [-0.2, 0) is 17.2 Å². The van der Waals surface area contributed by atoms with E-state index in [2.05, 4.69) is 24.4 Å². The van der Waals surface area contributed by atoms with Crippen LogP contribution in [0.15, 0.2) is 18.2 Å². The van der Waals surface area contributed by atoms with E-state index < -0.39 is 10.8 Å². The van der Waals surface area contributed by atoms with Gasteiger partial charge in [-0.25, -0.2) is 0 Å². The molecule has 100 valence electrons. The second-order valence-electron chi connectivity index (χ2n) is 5.02. The van der Waals surface area contributed by atoms with Gasteiger partial charge in [-0.05, 0) is 25.5 Å². The average Bonchev–Trinajstić information content (AvgIpc) is 2.70. The highest BCUT2D eigenvalue weighted by Crippen LogP contribution is 2.29. The van der Waals surface area contributed by atoms with Crippen LogP contribution in [0.25, 0.3) is 0 Å². The van der Waals surface area contributed by atoms with Gasteiger partial charge < -0.3 is 10.1 Å². The van der Waals surface area contributed by atoms with Crippen LogP contribution in [-0.4, -0.2) is 34.9 Å². The third kappa shape index (κ3) is 3.33. The van der Waals surface area contributed by atoms with E-state index in [0.717, 1.165) is 25.3 Å². The van der Waals surface area contributed by atoms with Gasteiger partial charge in [0.25, 0.3) is 0 Å². The highest BCUT2D eigenvalue weighted by atomic mass is 32.2. The van der Waals surface area contributed by atoms with E-state index in [1.165, 1.54) is 11.1 Å². The van der Waals surface area contributed by atoms with Gasteiger partial charge in [0.1, 0.15) is 11.9 Å². The summed E-state index contributed by atoms with van der Waals surface area (Å²) in [7, 11) is -0.760. The lowest BCUT2D eigenvalue weighted by molar-refractivity contribution is 0.228. The van der Waals surface area contributed by atoms with E-state index in [1.807, 2.05) is 13.0 Å². The molecule has 3 nitrogen and oxygen atoms in total. The van der Waals surface area contributed by atoms with Gasteiger partial charge in [-0.2, -0.15) is 0 Å². The quantitative estimate of drug-likeness (QED) is 0.881. The Bertz CT molecular complexity index is 447. The molecule has 0 aliphatic carbocycles. The maximum Gasteiger partial charge on any atom is 0.123 e. The molecule has 1 aromatic carbocycles. The lowest BCUT2D eigenvalue weighted by Crippen LogP contribution is -2.35. The van der Waals surface area contributed by atoms with Crippen LogP contribution in [0.5, 0.6) is 5.75 Å². The van der Waals surface area contributed by atoms with Crippen molar-refractivity contribution in [2.45, 2.75) is 31.6 Å². The molecule has 0 aromatic heterocycles. The number of nitrogens with one attached hydrogen (secondary N) is 1. The molecule has 0 saturated carbocycles. The van der Waals surface area contributed by atoms with Crippen LogP contribution in [0.1, 0.15) is 18.1 Å². The van der Waals surface area contributed by atoms with Gasteiger partial charge in [0.05, 0.1) is 0 Å². The van der Waals surface area contributed by atoms with Gasteiger partial charge in [-0.3, -0.25) is 4.21 Å². The monoisotopic (exact) mass is 267 g/mol. The Kier molecular flexibility index (Phi) is 4.40. The van der Waals surface area contributed by atoms with Gasteiger partial charge in [0.2, 0.25) is 0 Å². The van der Waals surface area contributed by atoms with E-state index in [4.69, 9.17) is 4.74 Å². The van der Waals surface area contributed by atoms with Crippen LogP contribution in [0.3, 0.4) is 0 Å². The van der Waals surface area contributed by atoms with E-state index in [0.29, 0.717) is 0 Å². The summed E-state index contributed by atoms with van der Waals surface area (Å²) in [5.74, 6) is 1.01. The van der Waals surface area contributed by atoms with Crippen LogP contribution < -0.4 is 10.1 Å². The van der Waals surface area contributed by atoms with Crippen molar-refractivity contribution < 1.29 is 8.95 Å². The average molecular weight is 267 g/mol. The molecule has 1 heterocycles. The molecule has 0 bridgehead atoms. The normalized spacial score (nSPS) is 21.2. The molecule has 0 spiro atoms. The zero-order chi connectivity index (χ0) is 13.1. The minimum Gasteiger partial charge on any atom is -0.488 e. The largest absolute Gasteiger partial charge is 0.488 e. The lowest BCUT2D eigenvalue weighted by atomic mass is 10.1. The predicted molar refractivity (Wildman–Crippen MR) is 75.7 cm³/mol. The van der Waals surface area contributed by atoms with Crippen LogP contribution in [0.2, 0.25) is 0 Å². The summed E-state index contributed by atoms with van der Waals surface area (Å²) >= 11 is 0. The molecule has 4 heteroatoms. The van der Waals surface area contributed by atoms with Gasteiger partial charge in [-0.15, -0.1) is 0 Å². The molecular formula is C14H21NO2S. The third-order valence-electron chi connectivity index (χ3n) is 3.33. The first kappa shape index (κ1) is 13.6. The van der Waals surface area contributed by atoms with E-state index in [9.17, 15) is 4.21 Å². The molecule has 1 N–H and O–H groups in total. The molecule has 0 amide bonds. The van der Waals surface area contributed by atoms with Gasteiger partial charge in [0, 0.05) is 41.8 Å². The van der Waals surface area contributed by atoms with Crippen LogP contribution >= 0.6 is 0 Å². The van der Waals surface area contributed by atoms with Crippen LogP contribution in [0.4, 0.5) is 0 Å². The number of hydrogen-bond donors (Lipinski definition) is 1. The van der Waals surface area contributed by atoms with Crippen molar-refractivity contribution in [3.63, 3.8) is 0 Å². The molecule has 1 aliphatic rings. The maximum atomic E-state index is 11.2. The molecule has 2 rings (SSSR count). The zero-order valence-corrected chi connectivity index (χ0v) is 12.0. The first-order chi connectivity index (χ1) is 8.56. The minimum atomic E-state index is -0.760. The summed E-state index contributed by atoms with van der Waals surface area (Å²) in [6.07, 6.45) is 2.92. The standard InChI is InChI=1S/C14H21NO2S/c1-10-4-5-14-12(6-10)7-13(17-14)9-15-8-11(2)18(3)16/h4-6,11,13,15H,7-9H2,1-3H3. The lowest BCUT2D eigenvalue weighted by Gasteiger charge is -2.14. The Morgan fingerprint density at radius 1 is 1.56 bits per heavy atom. The number of rotatable bonds is 5. The van der Waals surface area contributed by atoms with Crippen molar-refractivity contribution in [1.29, 1.82) is 0 Å². The first-order valence-corrected chi connectivity index (χ1v) is 7.97. The Morgan fingerprint density at radius 3 is 3.06 bits per heavy atom. The first-order valence-electron chi connectivity index (χ1n) is 6.35. The number of benzene rings is 1. The van der Waals surface area contributed by atoms with Gasteiger partial charge >= 0.3 is 0 Å². The van der Waals surface area contributed by atoms with Crippen molar-refractivity contribution in [3.05, 3.63) is 29.3 Å². The van der Waals surface area contributed by atoms with Crippen molar-refractivity contribution in [1.82, 2.24) is 5.32 Å². The summed E-state index contributed by atoms with van der Waals surface area (Å²) in [4.78, 5) is 0. The van der Waals surface area contributed by atoms with Crippen molar-refractivity contribution in [2.75, 3.05) is 19.3 Å². The van der Waals surface area contributed by atoms with E-state index in [1.54, 1.807) is 6.26 Å². The maximum absolute atomic E-state index is 11.2. The molecule has 0 saturated heterocycles. The van der Waals surface area contributed by atoms with E-state index in [-0.39, 0.29) is 11.4 Å². The summed E-state index contributed by atoms with van der Waals surface area (Å²) < 4.78 is 17.1. The summed E-state index contributed by atoms with van der Waals surface area (Å²) in [5, 5.41) is 3.53. The van der Waals surface area contributed by atoms with Crippen molar-refractivity contribution >= 4 is 10.8 Å². The Hall–Kier alpha value is -0.870. The molecule has 3 unspecified atom stereocenters. The summed E-state index contributed by atoms with van der Waals surface area (Å²) in [5.41, 5.74) is 2.58. The third-order valence-corrected chi connectivity index (χ3v) is 4.63. The number of ether oxygens (including phenoxy) is 1. The number of fused-ring (bicyclic) bond motifs is 1. The highest BCUT2D eigenvalue weighted by Gasteiger charge is 2.22. The van der Waals surface area contributed by atoms with Crippen molar-refractivity contribution in [3.8, 4) is 5.75 Å². The van der Waals surface area contributed by atoms with Crippen molar-refractivity contribution in [2.24, 2.45) is 0 Å². The second-order valence-corrected chi connectivity index (χ2v) is 6.82. The Balaban J connectivity index is 1.80. The smallest absolute Gasteiger partial charge is 0.123 e. The summed E-state index contributed by atoms with van der Waals surface area (Å²) in [6, 6.07) is 6.32.